The van der Waals surface area contributed by atoms with Crippen molar-refractivity contribution in [3.8, 4) is 5.69 Å². The van der Waals surface area contributed by atoms with Gasteiger partial charge in [0, 0.05) is 24.7 Å². The molecule has 0 saturated heterocycles. The molecule has 0 aliphatic heterocycles. The van der Waals surface area contributed by atoms with Gasteiger partial charge in [-0.2, -0.15) is 0 Å². The number of para-hydroxylation sites is 1. The Morgan fingerprint density at radius 3 is 2.65 bits per heavy atom. The van der Waals surface area contributed by atoms with Crippen molar-refractivity contribution in [1.82, 2.24) is 9.55 Å². The molecule has 1 heterocycles. The van der Waals surface area contributed by atoms with Gasteiger partial charge in [-0.05, 0) is 12.1 Å². The number of thioether (sulfide) groups is 1. The molecule has 0 unspecified atom stereocenters. The number of nitrogens with two attached hydrogens (primary N) is 1. The molecule has 90 valence electrons. The van der Waals surface area contributed by atoms with Crippen LogP contribution in [0.5, 0.6) is 0 Å². The van der Waals surface area contributed by atoms with Crippen LogP contribution in [0.3, 0.4) is 0 Å². The predicted molar refractivity (Wildman–Crippen MR) is 63.3 cm³/mol. The Labute approximate surface area is 102 Å². The number of halogens is 2. The first-order chi connectivity index (χ1) is 8.24. The molecule has 1 aromatic carbocycles. The van der Waals surface area contributed by atoms with Gasteiger partial charge in [-0.25, -0.2) is 13.8 Å². The van der Waals surface area contributed by atoms with E-state index in [2.05, 4.69) is 4.98 Å². The van der Waals surface area contributed by atoms with Gasteiger partial charge in [0.15, 0.2) is 5.16 Å². The summed E-state index contributed by atoms with van der Waals surface area (Å²) in [6.45, 7) is 0.483. The van der Waals surface area contributed by atoms with Gasteiger partial charge < -0.3 is 5.73 Å². The molecule has 0 saturated carbocycles. The Bertz CT molecular complexity index is 493. The van der Waals surface area contributed by atoms with Crippen molar-refractivity contribution in [2.24, 2.45) is 5.73 Å². The summed E-state index contributed by atoms with van der Waals surface area (Å²) in [5, 5.41) is 0.527. The summed E-state index contributed by atoms with van der Waals surface area (Å²) in [6.07, 6.45) is 3.03. The second kappa shape index (κ2) is 5.29. The number of hydrogen-bond acceptors (Lipinski definition) is 3. The largest absolute Gasteiger partial charge is 0.330 e. The van der Waals surface area contributed by atoms with E-state index in [0.29, 0.717) is 17.5 Å². The van der Waals surface area contributed by atoms with Crippen molar-refractivity contribution in [3.05, 3.63) is 42.2 Å². The summed E-state index contributed by atoms with van der Waals surface area (Å²) in [4.78, 5) is 4.05. The Morgan fingerprint density at radius 1 is 1.29 bits per heavy atom. The van der Waals surface area contributed by atoms with Gasteiger partial charge in [0.25, 0.3) is 0 Å². The normalized spacial score (nSPS) is 10.8. The Hall–Kier alpha value is -1.40. The second-order valence-corrected chi connectivity index (χ2v) is 4.35. The van der Waals surface area contributed by atoms with Gasteiger partial charge in [-0.1, -0.05) is 17.8 Å². The first-order valence-corrected chi connectivity index (χ1v) is 6.03. The lowest BCUT2D eigenvalue weighted by Gasteiger charge is -2.08. The van der Waals surface area contributed by atoms with E-state index in [-0.39, 0.29) is 5.69 Å². The Balaban J connectivity index is 2.43. The second-order valence-electron chi connectivity index (χ2n) is 3.29. The quantitative estimate of drug-likeness (QED) is 0.852. The Kier molecular flexibility index (Phi) is 3.75. The lowest BCUT2D eigenvalue weighted by molar-refractivity contribution is 0.563. The average Bonchev–Trinajstić information content (AvgIpc) is 2.74. The van der Waals surface area contributed by atoms with Crippen molar-refractivity contribution in [2.45, 2.75) is 5.16 Å². The van der Waals surface area contributed by atoms with Crippen LogP contribution in [0.1, 0.15) is 0 Å². The van der Waals surface area contributed by atoms with Gasteiger partial charge in [0.2, 0.25) is 0 Å². The van der Waals surface area contributed by atoms with Gasteiger partial charge in [0.1, 0.15) is 17.3 Å². The Morgan fingerprint density at radius 2 is 2.00 bits per heavy atom. The SMILES string of the molecule is NCCSc1nccn1-c1c(F)cccc1F. The fourth-order valence-corrected chi connectivity index (χ4v) is 2.16. The van der Waals surface area contributed by atoms with E-state index in [1.54, 1.807) is 0 Å². The molecule has 2 N–H and O–H groups in total. The molecule has 0 aliphatic carbocycles. The van der Waals surface area contributed by atoms with E-state index in [1.807, 2.05) is 0 Å². The zero-order chi connectivity index (χ0) is 12.3. The van der Waals surface area contributed by atoms with Gasteiger partial charge in [-0.3, -0.25) is 4.57 Å². The van der Waals surface area contributed by atoms with Crippen LogP contribution in [-0.2, 0) is 0 Å². The van der Waals surface area contributed by atoms with Crippen molar-refractivity contribution >= 4 is 11.8 Å². The van der Waals surface area contributed by atoms with Crippen molar-refractivity contribution < 1.29 is 8.78 Å². The standard InChI is InChI=1S/C11H11F2N3S/c12-8-2-1-3-9(13)10(8)16-6-5-15-11(16)17-7-4-14/h1-3,5-6H,4,7,14H2. The highest BCUT2D eigenvalue weighted by atomic mass is 32.2. The molecule has 3 nitrogen and oxygen atoms in total. The highest BCUT2D eigenvalue weighted by molar-refractivity contribution is 7.99. The van der Waals surface area contributed by atoms with E-state index in [9.17, 15) is 8.78 Å². The first-order valence-electron chi connectivity index (χ1n) is 5.04. The number of hydrogen-bond donors (Lipinski definition) is 1. The van der Waals surface area contributed by atoms with E-state index in [4.69, 9.17) is 5.73 Å². The topological polar surface area (TPSA) is 43.8 Å². The third-order valence-electron chi connectivity index (χ3n) is 2.13. The summed E-state index contributed by atoms with van der Waals surface area (Å²) in [7, 11) is 0. The molecule has 2 aromatic rings. The zero-order valence-corrected chi connectivity index (χ0v) is 9.75. The predicted octanol–water partition coefficient (Wildman–Crippen LogP) is 2.20. The summed E-state index contributed by atoms with van der Waals surface area (Å²) in [6, 6.07) is 3.77. The van der Waals surface area contributed by atoms with Crippen LogP contribution in [-0.4, -0.2) is 21.8 Å². The van der Waals surface area contributed by atoms with E-state index < -0.39 is 11.6 Å². The number of benzene rings is 1. The van der Waals surface area contributed by atoms with Crippen LogP contribution in [0.4, 0.5) is 8.78 Å². The minimum absolute atomic E-state index is 0.107. The smallest absolute Gasteiger partial charge is 0.172 e. The monoisotopic (exact) mass is 255 g/mol. The van der Waals surface area contributed by atoms with Crippen LogP contribution in [0.25, 0.3) is 5.69 Å². The molecule has 0 radical (unpaired) electrons. The third-order valence-corrected chi connectivity index (χ3v) is 3.13. The van der Waals surface area contributed by atoms with Crippen LogP contribution < -0.4 is 5.73 Å². The van der Waals surface area contributed by atoms with Gasteiger partial charge in [0.05, 0.1) is 0 Å². The molecular weight excluding hydrogens is 244 g/mol. The van der Waals surface area contributed by atoms with Crippen LogP contribution in [0.2, 0.25) is 0 Å². The lowest BCUT2D eigenvalue weighted by Crippen LogP contribution is -2.05. The molecule has 0 bridgehead atoms. The molecule has 0 fully saturated rings. The zero-order valence-electron chi connectivity index (χ0n) is 8.94. The first kappa shape index (κ1) is 12.1. The van der Waals surface area contributed by atoms with Gasteiger partial charge >= 0.3 is 0 Å². The number of imidazole rings is 1. The van der Waals surface area contributed by atoms with E-state index in [1.165, 1.54) is 46.9 Å². The molecule has 0 amide bonds. The summed E-state index contributed by atoms with van der Waals surface area (Å²) in [5.74, 6) is -0.581. The van der Waals surface area contributed by atoms with Crippen LogP contribution in [0, 0.1) is 11.6 Å². The number of rotatable bonds is 4. The summed E-state index contributed by atoms with van der Waals surface area (Å²) < 4.78 is 28.6. The minimum Gasteiger partial charge on any atom is -0.330 e. The average molecular weight is 255 g/mol. The minimum atomic E-state index is -0.613. The van der Waals surface area contributed by atoms with Crippen LogP contribution in [0.15, 0.2) is 35.7 Å². The fraction of sp³-hybridized carbons (Fsp3) is 0.182. The maximum absolute atomic E-state index is 13.6. The molecular formula is C11H11F2N3S. The maximum atomic E-state index is 13.6. The van der Waals surface area contributed by atoms with Crippen LogP contribution >= 0.6 is 11.8 Å². The summed E-state index contributed by atoms with van der Waals surface area (Å²) >= 11 is 1.36. The number of nitrogens with zero attached hydrogens (tertiary/aromatic N) is 2. The molecule has 17 heavy (non-hydrogen) atoms. The third kappa shape index (κ3) is 2.48. The molecule has 6 heteroatoms. The van der Waals surface area contributed by atoms with E-state index >= 15 is 0 Å². The highest BCUT2D eigenvalue weighted by Crippen LogP contribution is 2.23. The van der Waals surface area contributed by atoms with Crippen molar-refractivity contribution in [3.63, 3.8) is 0 Å². The molecule has 1 aromatic heterocycles. The lowest BCUT2D eigenvalue weighted by atomic mass is 10.3. The highest BCUT2D eigenvalue weighted by Gasteiger charge is 2.14. The summed E-state index contributed by atoms with van der Waals surface area (Å²) in [5.41, 5.74) is 5.28. The fourth-order valence-electron chi connectivity index (χ4n) is 1.44. The molecule has 0 spiro atoms. The van der Waals surface area contributed by atoms with Gasteiger partial charge in [-0.15, -0.1) is 0 Å². The molecule has 0 aliphatic rings. The van der Waals surface area contributed by atoms with Crippen molar-refractivity contribution in [1.29, 1.82) is 0 Å². The number of aromatic nitrogens is 2. The molecule has 0 atom stereocenters. The molecule has 2 rings (SSSR count). The maximum Gasteiger partial charge on any atom is 0.172 e. The van der Waals surface area contributed by atoms with E-state index in [0.717, 1.165) is 0 Å². The van der Waals surface area contributed by atoms with Crippen molar-refractivity contribution in [2.75, 3.05) is 12.3 Å².